The molecule has 0 saturated heterocycles. The predicted molar refractivity (Wildman–Crippen MR) is 61.0 cm³/mol. The molecule has 1 atom stereocenters. The third-order valence-electron chi connectivity index (χ3n) is 2.60. The summed E-state index contributed by atoms with van der Waals surface area (Å²) in [5, 5.41) is 3.47. The lowest BCUT2D eigenvalue weighted by Crippen LogP contribution is -2.34. The summed E-state index contributed by atoms with van der Waals surface area (Å²) in [4.78, 5) is 17.2. The summed E-state index contributed by atoms with van der Waals surface area (Å²) in [5.74, 6) is -0.134. The number of thiazole rings is 1. The number of carbonyl (C=O) groups is 1. The molecule has 0 aromatic carbocycles. The summed E-state index contributed by atoms with van der Waals surface area (Å²) in [6.45, 7) is 1.89. The number of fused-ring (bicyclic) bond motifs is 1. The van der Waals surface area contributed by atoms with Gasteiger partial charge >= 0.3 is 0 Å². The molecule has 3 N–H and O–H groups in total. The zero-order chi connectivity index (χ0) is 10.8. The summed E-state index contributed by atoms with van der Waals surface area (Å²) in [5.41, 5.74) is 6.77. The van der Waals surface area contributed by atoms with Crippen LogP contribution < -0.4 is 11.1 Å². The van der Waals surface area contributed by atoms with Gasteiger partial charge in [0.2, 0.25) is 5.91 Å². The van der Waals surface area contributed by atoms with Gasteiger partial charge in [-0.15, -0.1) is 11.3 Å². The molecule has 0 radical (unpaired) electrons. The molecular formula is C10H15N3OS. The lowest BCUT2D eigenvalue weighted by atomic mass is 10.2. The van der Waals surface area contributed by atoms with E-state index in [2.05, 4.69) is 10.3 Å². The Bertz CT molecular complexity index is 353. The van der Waals surface area contributed by atoms with Crippen LogP contribution in [-0.2, 0) is 17.6 Å². The van der Waals surface area contributed by atoms with Crippen molar-refractivity contribution in [1.29, 1.82) is 0 Å². The first-order valence-electron chi connectivity index (χ1n) is 5.25. The summed E-state index contributed by atoms with van der Waals surface area (Å²) < 4.78 is 0. The fourth-order valence-corrected chi connectivity index (χ4v) is 2.68. The van der Waals surface area contributed by atoms with Crippen LogP contribution in [0.1, 0.15) is 30.3 Å². The Morgan fingerprint density at radius 3 is 3.13 bits per heavy atom. The fourth-order valence-electron chi connectivity index (χ4n) is 1.63. The maximum atomic E-state index is 11.5. The van der Waals surface area contributed by atoms with E-state index in [0.29, 0.717) is 11.6 Å². The van der Waals surface area contributed by atoms with Gasteiger partial charge in [-0.05, 0) is 25.7 Å². The van der Waals surface area contributed by atoms with E-state index in [4.69, 9.17) is 5.73 Å². The van der Waals surface area contributed by atoms with Crippen molar-refractivity contribution in [3.63, 3.8) is 0 Å². The van der Waals surface area contributed by atoms with Crippen molar-refractivity contribution in [3.05, 3.63) is 10.6 Å². The minimum Gasteiger partial charge on any atom is -0.320 e. The SMILES string of the molecule is CCC(N)C(=O)Nc1nc2c(s1)CCC2. The Morgan fingerprint density at radius 2 is 2.47 bits per heavy atom. The number of nitrogens with two attached hydrogens (primary N) is 1. The van der Waals surface area contributed by atoms with Gasteiger partial charge in [0.15, 0.2) is 5.13 Å². The second kappa shape index (κ2) is 4.28. The molecule has 0 saturated carbocycles. The first-order valence-corrected chi connectivity index (χ1v) is 6.07. The molecule has 5 heteroatoms. The van der Waals surface area contributed by atoms with Gasteiger partial charge in [-0.2, -0.15) is 0 Å². The van der Waals surface area contributed by atoms with Crippen LogP contribution in [-0.4, -0.2) is 16.9 Å². The predicted octanol–water partition coefficient (Wildman–Crippen LogP) is 1.31. The van der Waals surface area contributed by atoms with E-state index in [1.54, 1.807) is 11.3 Å². The number of aromatic nitrogens is 1. The number of amides is 1. The van der Waals surface area contributed by atoms with Gasteiger partial charge in [0.05, 0.1) is 11.7 Å². The second-order valence-corrected chi connectivity index (χ2v) is 4.83. The number of nitrogens with zero attached hydrogens (tertiary/aromatic N) is 1. The monoisotopic (exact) mass is 225 g/mol. The molecule has 1 heterocycles. The first kappa shape index (κ1) is 10.6. The third-order valence-corrected chi connectivity index (χ3v) is 3.68. The van der Waals surface area contributed by atoms with E-state index in [9.17, 15) is 4.79 Å². The summed E-state index contributed by atoms with van der Waals surface area (Å²) in [7, 11) is 0. The van der Waals surface area contributed by atoms with Crippen LogP contribution in [0.4, 0.5) is 5.13 Å². The Hall–Kier alpha value is -0.940. The van der Waals surface area contributed by atoms with Gasteiger partial charge < -0.3 is 11.1 Å². The first-order chi connectivity index (χ1) is 7.20. The summed E-state index contributed by atoms with van der Waals surface area (Å²) in [6, 6.07) is -0.427. The van der Waals surface area contributed by atoms with Crippen molar-refractivity contribution in [2.75, 3.05) is 5.32 Å². The number of aryl methyl sites for hydroxylation is 2. The molecule has 1 aliphatic carbocycles. The molecule has 0 bridgehead atoms. The summed E-state index contributed by atoms with van der Waals surface area (Å²) >= 11 is 1.58. The van der Waals surface area contributed by atoms with Crippen LogP contribution in [0.2, 0.25) is 0 Å². The molecule has 0 fully saturated rings. The third kappa shape index (κ3) is 2.18. The van der Waals surface area contributed by atoms with Crippen molar-refractivity contribution in [3.8, 4) is 0 Å². The van der Waals surface area contributed by atoms with E-state index in [0.717, 1.165) is 18.5 Å². The van der Waals surface area contributed by atoms with Crippen molar-refractivity contribution >= 4 is 22.4 Å². The lowest BCUT2D eigenvalue weighted by Gasteiger charge is -2.06. The minimum atomic E-state index is -0.427. The molecule has 4 nitrogen and oxygen atoms in total. The molecule has 0 aliphatic heterocycles. The van der Waals surface area contributed by atoms with Gasteiger partial charge in [0.1, 0.15) is 0 Å². The molecule has 0 spiro atoms. The van der Waals surface area contributed by atoms with Gasteiger partial charge in [-0.25, -0.2) is 4.98 Å². The van der Waals surface area contributed by atoms with Crippen molar-refractivity contribution in [2.24, 2.45) is 5.73 Å². The smallest absolute Gasteiger partial charge is 0.243 e. The normalized spacial score (nSPS) is 16.1. The maximum absolute atomic E-state index is 11.5. The number of hydrogen-bond donors (Lipinski definition) is 2. The average molecular weight is 225 g/mol. The molecule has 2 rings (SSSR count). The Kier molecular flexibility index (Phi) is 3.02. The maximum Gasteiger partial charge on any atom is 0.243 e. The van der Waals surface area contributed by atoms with E-state index < -0.39 is 6.04 Å². The van der Waals surface area contributed by atoms with Crippen molar-refractivity contribution in [2.45, 2.75) is 38.6 Å². The second-order valence-electron chi connectivity index (χ2n) is 3.75. The highest BCUT2D eigenvalue weighted by Crippen LogP contribution is 2.30. The topological polar surface area (TPSA) is 68.0 Å². The standard InChI is InChI=1S/C10H15N3OS/c1-2-6(11)9(14)13-10-12-7-4-3-5-8(7)15-10/h6H,2-5,11H2,1H3,(H,12,13,14). The van der Waals surface area contributed by atoms with E-state index in [1.165, 1.54) is 11.3 Å². The highest BCUT2D eigenvalue weighted by molar-refractivity contribution is 7.15. The number of nitrogens with one attached hydrogen (secondary N) is 1. The molecule has 1 aliphatic rings. The average Bonchev–Trinajstić information content (AvgIpc) is 2.76. The van der Waals surface area contributed by atoms with Crippen LogP contribution in [0.5, 0.6) is 0 Å². The molecule has 1 amide bonds. The largest absolute Gasteiger partial charge is 0.320 e. The van der Waals surface area contributed by atoms with Crippen LogP contribution in [0.15, 0.2) is 0 Å². The molecule has 15 heavy (non-hydrogen) atoms. The number of anilines is 1. The Balaban J connectivity index is 2.02. The fraction of sp³-hybridized carbons (Fsp3) is 0.600. The number of hydrogen-bond acceptors (Lipinski definition) is 4. The van der Waals surface area contributed by atoms with Gasteiger partial charge in [-0.1, -0.05) is 6.92 Å². The van der Waals surface area contributed by atoms with Crippen LogP contribution in [0, 0.1) is 0 Å². The lowest BCUT2D eigenvalue weighted by molar-refractivity contribution is -0.117. The van der Waals surface area contributed by atoms with Gasteiger partial charge in [0, 0.05) is 4.88 Å². The molecule has 1 aromatic rings. The summed E-state index contributed by atoms with van der Waals surface area (Å²) in [6.07, 6.45) is 3.98. The number of carbonyl (C=O) groups excluding carboxylic acids is 1. The van der Waals surface area contributed by atoms with Crippen LogP contribution in [0.25, 0.3) is 0 Å². The zero-order valence-electron chi connectivity index (χ0n) is 8.75. The van der Waals surface area contributed by atoms with Crippen LogP contribution in [0.3, 0.4) is 0 Å². The zero-order valence-corrected chi connectivity index (χ0v) is 9.56. The molecule has 1 aromatic heterocycles. The minimum absolute atomic E-state index is 0.134. The highest BCUT2D eigenvalue weighted by Gasteiger charge is 2.19. The van der Waals surface area contributed by atoms with Crippen LogP contribution >= 0.6 is 11.3 Å². The number of rotatable bonds is 3. The van der Waals surface area contributed by atoms with E-state index >= 15 is 0 Å². The van der Waals surface area contributed by atoms with Gasteiger partial charge in [0.25, 0.3) is 0 Å². The van der Waals surface area contributed by atoms with Crippen molar-refractivity contribution in [1.82, 2.24) is 4.98 Å². The van der Waals surface area contributed by atoms with E-state index in [1.807, 2.05) is 6.92 Å². The Morgan fingerprint density at radius 1 is 1.67 bits per heavy atom. The van der Waals surface area contributed by atoms with Gasteiger partial charge in [-0.3, -0.25) is 4.79 Å². The Labute approximate surface area is 92.9 Å². The molecular weight excluding hydrogens is 210 g/mol. The highest BCUT2D eigenvalue weighted by atomic mass is 32.1. The van der Waals surface area contributed by atoms with E-state index in [-0.39, 0.29) is 5.91 Å². The quantitative estimate of drug-likeness (QED) is 0.815. The van der Waals surface area contributed by atoms with Crippen molar-refractivity contribution < 1.29 is 4.79 Å². The molecule has 1 unspecified atom stereocenters. The molecule has 82 valence electrons.